The second kappa shape index (κ2) is 2.23. The third-order valence-electron chi connectivity index (χ3n) is 0.851. The van der Waals surface area contributed by atoms with Crippen LogP contribution in [-0.2, 0) is 0 Å². The van der Waals surface area contributed by atoms with Crippen LogP contribution in [0.2, 0.25) is 0 Å². The van der Waals surface area contributed by atoms with Gasteiger partial charge in [-0.3, -0.25) is 5.73 Å². The molecule has 0 saturated carbocycles. The first-order valence-electron chi connectivity index (χ1n) is 2.21. The molecule has 0 radical (unpaired) electrons. The Morgan fingerprint density at radius 2 is 2.29 bits per heavy atom. The summed E-state index contributed by atoms with van der Waals surface area (Å²) in [5.41, 5.74) is 4.80. The molecular weight excluding hydrogens is 97.0 g/mol. The van der Waals surface area contributed by atoms with E-state index >= 15 is 0 Å². The van der Waals surface area contributed by atoms with Crippen LogP contribution >= 0.6 is 0 Å². The second-order valence-corrected chi connectivity index (χ2v) is 1.55. The zero-order valence-corrected chi connectivity index (χ0v) is 4.32. The Kier molecular flexibility index (Phi) is 2.19. The van der Waals surface area contributed by atoms with Gasteiger partial charge in [0.15, 0.2) is 5.79 Å². The van der Waals surface area contributed by atoms with E-state index in [9.17, 15) is 4.39 Å². The first kappa shape index (κ1) is 6.85. The molecule has 0 saturated heterocycles. The van der Waals surface area contributed by atoms with Crippen molar-refractivity contribution in [1.29, 1.82) is 0 Å². The number of aliphatic hydroxyl groups is 1. The lowest BCUT2D eigenvalue weighted by Crippen LogP contribution is -2.37. The zero-order chi connectivity index (χ0) is 5.91. The van der Waals surface area contributed by atoms with Crippen molar-refractivity contribution in [3.05, 3.63) is 0 Å². The average Bonchev–Trinajstić information content (AvgIpc) is 1.68. The monoisotopic (exact) mass is 107 g/mol. The molecule has 0 heterocycles. The van der Waals surface area contributed by atoms with Gasteiger partial charge in [0.2, 0.25) is 0 Å². The summed E-state index contributed by atoms with van der Waals surface area (Å²) in [5.74, 6) is -1.86. The van der Waals surface area contributed by atoms with Gasteiger partial charge in [0.05, 0.1) is 6.61 Å². The van der Waals surface area contributed by atoms with Gasteiger partial charge in [-0.2, -0.15) is 0 Å². The van der Waals surface area contributed by atoms with Crippen molar-refractivity contribution in [2.24, 2.45) is 5.73 Å². The molecule has 0 amide bonds. The number of aliphatic hydroxyl groups excluding tert-OH is 1. The van der Waals surface area contributed by atoms with Gasteiger partial charge in [0.1, 0.15) is 0 Å². The summed E-state index contributed by atoms with van der Waals surface area (Å²) in [7, 11) is 0. The highest BCUT2D eigenvalue weighted by Crippen LogP contribution is 2.04. The summed E-state index contributed by atoms with van der Waals surface area (Å²) in [5, 5.41) is 8.09. The van der Waals surface area contributed by atoms with Crippen LogP contribution in [0.1, 0.15) is 13.3 Å². The smallest absolute Gasteiger partial charge is 0.182 e. The molecule has 0 bridgehead atoms. The lowest BCUT2D eigenvalue weighted by Gasteiger charge is -2.12. The van der Waals surface area contributed by atoms with Crippen LogP contribution in [0.5, 0.6) is 0 Å². The van der Waals surface area contributed by atoms with Gasteiger partial charge in [-0.1, -0.05) is 6.92 Å². The summed E-state index contributed by atoms with van der Waals surface area (Å²) < 4.78 is 12.1. The molecule has 2 nitrogen and oxygen atoms in total. The van der Waals surface area contributed by atoms with Crippen LogP contribution in [0.4, 0.5) is 4.39 Å². The molecule has 0 aliphatic heterocycles. The molecule has 0 aromatic rings. The molecule has 0 aromatic carbocycles. The zero-order valence-electron chi connectivity index (χ0n) is 4.32. The highest BCUT2D eigenvalue weighted by atomic mass is 19.1. The van der Waals surface area contributed by atoms with Crippen molar-refractivity contribution >= 4 is 0 Å². The minimum atomic E-state index is -1.86. The molecule has 1 unspecified atom stereocenters. The summed E-state index contributed by atoms with van der Waals surface area (Å²) in [4.78, 5) is 0. The molecule has 1 atom stereocenters. The number of nitrogens with two attached hydrogens (primary N) is 1. The van der Waals surface area contributed by atoms with E-state index in [1.807, 2.05) is 0 Å². The molecule has 0 fully saturated rings. The first-order chi connectivity index (χ1) is 3.12. The minimum absolute atomic E-state index is 0.156. The van der Waals surface area contributed by atoms with E-state index in [-0.39, 0.29) is 6.42 Å². The van der Waals surface area contributed by atoms with Crippen molar-refractivity contribution in [1.82, 2.24) is 0 Å². The predicted molar refractivity (Wildman–Crippen MR) is 25.4 cm³/mol. The van der Waals surface area contributed by atoms with Gasteiger partial charge in [0.25, 0.3) is 0 Å². The minimum Gasteiger partial charge on any atom is -0.392 e. The highest BCUT2D eigenvalue weighted by Gasteiger charge is 2.18. The third kappa shape index (κ3) is 2.53. The molecule has 3 N–H and O–H groups in total. The molecule has 0 spiro atoms. The lowest BCUT2D eigenvalue weighted by atomic mass is 10.2. The van der Waals surface area contributed by atoms with E-state index in [4.69, 9.17) is 10.8 Å². The van der Waals surface area contributed by atoms with Crippen molar-refractivity contribution in [3.63, 3.8) is 0 Å². The van der Waals surface area contributed by atoms with Gasteiger partial charge in [0, 0.05) is 0 Å². The molecule has 3 heteroatoms. The Morgan fingerprint density at radius 3 is 2.29 bits per heavy atom. The Hall–Kier alpha value is -0.150. The standard InChI is InChI=1S/C4H10FNO/c1-2-4(5,6)3-7/h7H,2-3,6H2,1H3. The second-order valence-electron chi connectivity index (χ2n) is 1.55. The van der Waals surface area contributed by atoms with E-state index in [1.54, 1.807) is 6.92 Å². The predicted octanol–water partition coefficient (Wildman–Crippen LogP) is 0.0132. The molecule has 44 valence electrons. The fourth-order valence-electron chi connectivity index (χ4n) is 0.112. The molecular formula is C4H10FNO. The van der Waals surface area contributed by atoms with Gasteiger partial charge in [-0.25, -0.2) is 4.39 Å². The van der Waals surface area contributed by atoms with Crippen LogP contribution in [0.3, 0.4) is 0 Å². The number of hydrogen-bond donors (Lipinski definition) is 2. The van der Waals surface area contributed by atoms with E-state index in [0.717, 1.165) is 0 Å². The topological polar surface area (TPSA) is 46.2 Å². The first-order valence-corrected chi connectivity index (χ1v) is 2.21. The van der Waals surface area contributed by atoms with E-state index in [1.165, 1.54) is 0 Å². The van der Waals surface area contributed by atoms with Crippen molar-refractivity contribution < 1.29 is 9.50 Å². The van der Waals surface area contributed by atoms with Crippen LogP contribution in [-0.4, -0.2) is 17.5 Å². The van der Waals surface area contributed by atoms with Crippen molar-refractivity contribution in [2.75, 3.05) is 6.61 Å². The van der Waals surface area contributed by atoms with Crippen LogP contribution in [0, 0.1) is 0 Å². The Labute approximate surface area is 42.1 Å². The maximum Gasteiger partial charge on any atom is 0.182 e. The lowest BCUT2D eigenvalue weighted by molar-refractivity contribution is 0.0733. The molecule has 7 heavy (non-hydrogen) atoms. The Morgan fingerprint density at radius 1 is 1.86 bits per heavy atom. The normalized spacial score (nSPS) is 18.9. The maximum atomic E-state index is 12.1. The van der Waals surface area contributed by atoms with Gasteiger partial charge in [-0.05, 0) is 6.42 Å². The fraction of sp³-hybridized carbons (Fsp3) is 1.00. The van der Waals surface area contributed by atoms with Crippen LogP contribution in [0.25, 0.3) is 0 Å². The van der Waals surface area contributed by atoms with Crippen LogP contribution < -0.4 is 5.73 Å². The number of rotatable bonds is 2. The SMILES string of the molecule is CCC(N)(F)CO. The molecule has 0 aliphatic carbocycles. The van der Waals surface area contributed by atoms with Gasteiger partial charge >= 0.3 is 0 Å². The van der Waals surface area contributed by atoms with Gasteiger partial charge < -0.3 is 5.11 Å². The van der Waals surface area contributed by atoms with Crippen molar-refractivity contribution in [3.8, 4) is 0 Å². The Balaban J connectivity index is 3.36. The largest absolute Gasteiger partial charge is 0.392 e. The molecule has 0 rings (SSSR count). The maximum absolute atomic E-state index is 12.1. The van der Waals surface area contributed by atoms with E-state index < -0.39 is 12.4 Å². The summed E-state index contributed by atoms with van der Waals surface area (Å²) in [6.07, 6.45) is 0.156. The fourth-order valence-corrected chi connectivity index (χ4v) is 0.112. The quantitative estimate of drug-likeness (QED) is 0.488. The van der Waals surface area contributed by atoms with Gasteiger partial charge in [-0.15, -0.1) is 0 Å². The summed E-state index contributed by atoms with van der Waals surface area (Å²) >= 11 is 0. The summed E-state index contributed by atoms with van der Waals surface area (Å²) in [6.45, 7) is 0.986. The number of halogens is 1. The molecule has 0 aliphatic rings. The summed E-state index contributed by atoms with van der Waals surface area (Å²) in [6, 6.07) is 0. The number of alkyl halides is 1. The van der Waals surface area contributed by atoms with Crippen molar-refractivity contribution in [2.45, 2.75) is 19.1 Å². The van der Waals surface area contributed by atoms with E-state index in [0.29, 0.717) is 0 Å². The Bertz CT molecular complexity index is 49.7. The number of hydrogen-bond acceptors (Lipinski definition) is 2. The van der Waals surface area contributed by atoms with Crippen LogP contribution in [0.15, 0.2) is 0 Å². The third-order valence-corrected chi connectivity index (χ3v) is 0.851. The average molecular weight is 107 g/mol. The highest BCUT2D eigenvalue weighted by molar-refractivity contribution is 4.65. The molecule has 0 aromatic heterocycles. The van der Waals surface area contributed by atoms with E-state index in [2.05, 4.69) is 0 Å².